The Labute approximate surface area is 333 Å². The van der Waals surface area contributed by atoms with Gasteiger partial charge in [-0.25, -0.2) is 0 Å². The van der Waals surface area contributed by atoms with Crippen molar-refractivity contribution in [3.63, 3.8) is 0 Å². The molecule has 2 fully saturated rings. The Morgan fingerprint density at radius 3 is 2.76 bits per heavy atom. The van der Waals surface area contributed by atoms with Crippen molar-refractivity contribution in [2.75, 3.05) is 65.1 Å². The summed E-state index contributed by atoms with van der Waals surface area (Å²) in [4.78, 5) is 22.6. The van der Waals surface area contributed by atoms with Crippen molar-refractivity contribution in [1.29, 1.82) is 0 Å². The summed E-state index contributed by atoms with van der Waals surface area (Å²) in [6.45, 7) is 1.52. The van der Waals surface area contributed by atoms with Gasteiger partial charge in [-0.05, 0) is 118 Å². The molecule has 13 nitrogen and oxygen atoms in total. The molecule has 0 radical (unpaired) electrons. The summed E-state index contributed by atoms with van der Waals surface area (Å²) in [5.74, 6) is 3.99. The van der Waals surface area contributed by atoms with E-state index in [-0.39, 0.29) is 23.2 Å². The number of ether oxygens (including phenoxy) is 3. The highest BCUT2D eigenvalue weighted by Gasteiger charge is 2.47. The molecule has 302 valence electrons. The minimum Gasteiger partial charge on any atom is -0.504 e. The first kappa shape index (κ1) is 42.4. The first-order valence-corrected chi connectivity index (χ1v) is 21.7. The van der Waals surface area contributed by atoms with Crippen LogP contribution in [0.2, 0.25) is 0 Å². The molecule has 3 aliphatic rings. The number of phenolic OH excluding ortho intramolecular Hbond substituents is 2. The fraction of sp³-hybridized carbons (Fsp3) is 0.575. The number of hydrogen-bond acceptors (Lipinski definition) is 11. The number of allylic oxidation sites excluding steroid dienone is 2. The molecule has 4 atom stereocenters. The summed E-state index contributed by atoms with van der Waals surface area (Å²) in [5.41, 5.74) is 7.10. The molecule has 1 heterocycles. The van der Waals surface area contributed by atoms with E-state index in [0.717, 1.165) is 61.8 Å². The Kier molecular flexibility index (Phi) is 15.7. The van der Waals surface area contributed by atoms with E-state index in [1.54, 1.807) is 54.9 Å². The van der Waals surface area contributed by atoms with E-state index in [2.05, 4.69) is 31.3 Å². The summed E-state index contributed by atoms with van der Waals surface area (Å²) in [7, 11) is 10.2. The van der Waals surface area contributed by atoms with Crippen molar-refractivity contribution >= 4 is 45.0 Å². The predicted molar refractivity (Wildman–Crippen MR) is 224 cm³/mol. The number of guanidine groups is 2. The van der Waals surface area contributed by atoms with Gasteiger partial charge in [-0.3, -0.25) is 14.8 Å². The van der Waals surface area contributed by atoms with Gasteiger partial charge in [-0.2, -0.15) is 0 Å². The van der Waals surface area contributed by atoms with Crippen LogP contribution in [0, 0.1) is 17.3 Å². The highest BCUT2D eigenvalue weighted by atomic mass is 33.1. The third-order valence-electron chi connectivity index (χ3n) is 11.1. The van der Waals surface area contributed by atoms with Crippen molar-refractivity contribution in [2.24, 2.45) is 33.0 Å². The number of anilines is 1. The Morgan fingerprint density at radius 1 is 1.13 bits per heavy atom. The third kappa shape index (κ3) is 11.2. The van der Waals surface area contributed by atoms with Gasteiger partial charge in [0.05, 0.1) is 18.7 Å². The fourth-order valence-electron chi connectivity index (χ4n) is 8.21. The monoisotopic (exact) mass is 797 g/mol. The van der Waals surface area contributed by atoms with Crippen LogP contribution in [0.1, 0.15) is 62.5 Å². The van der Waals surface area contributed by atoms with E-state index in [9.17, 15) is 15.0 Å². The minimum atomic E-state index is -0.542. The number of aryl methyl sites for hydroxylation is 1. The van der Waals surface area contributed by atoms with Gasteiger partial charge < -0.3 is 51.4 Å². The van der Waals surface area contributed by atoms with Crippen LogP contribution in [0.25, 0.3) is 0 Å². The molecule has 0 amide bonds. The molecule has 0 saturated heterocycles. The van der Waals surface area contributed by atoms with Gasteiger partial charge in [0.25, 0.3) is 0 Å². The lowest BCUT2D eigenvalue weighted by atomic mass is 9.70. The molecule has 8 N–H and O–H groups in total. The van der Waals surface area contributed by atoms with Crippen molar-refractivity contribution in [3.8, 4) is 23.0 Å². The zero-order valence-corrected chi connectivity index (χ0v) is 34.3. The Balaban J connectivity index is 1.36. The topological polar surface area (TPSA) is 184 Å². The number of nitrogens with one attached hydrogen (secondary N) is 4. The van der Waals surface area contributed by atoms with Crippen molar-refractivity contribution in [1.82, 2.24) is 16.0 Å². The second-order valence-electron chi connectivity index (χ2n) is 14.7. The maximum absolute atomic E-state index is 14.3. The van der Waals surface area contributed by atoms with Crippen LogP contribution in [0.3, 0.4) is 0 Å². The van der Waals surface area contributed by atoms with Gasteiger partial charge >= 0.3 is 0 Å². The molecule has 55 heavy (non-hydrogen) atoms. The third-order valence-corrected chi connectivity index (χ3v) is 13.3. The number of fused-ring (bicyclic) bond motifs is 3. The molecule has 2 aromatic carbocycles. The molecule has 2 bridgehead atoms. The standard InChI is InChI=1S/C40H59N7O6S2/c1-42-24-39(16-13-27(21-39)14-17-52-25-45-37(41)43-2)53-34-19-28-8-5-6-10-35(49)40(22-29-11-12-32(48)33(20-29)51-4)15-7-9-30(40)23-54-55-26-46-38(44-3)47-31(18-28)36(34)50/h6,10-12,18-20,27,30,42,48,50H,5,7-9,13-17,21-26H2,1-4H3,(H3,41,43,45)(H2,44,46,47)/b10-6+/t27-,30+,39-,40-/m1/s1. The van der Waals surface area contributed by atoms with Crippen LogP contribution in [-0.2, 0) is 22.4 Å². The maximum atomic E-state index is 14.3. The van der Waals surface area contributed by atoms with Crippen LogP contribution in [-0.4, -0.2) is 93.3 Å². The van der Waals surface area contributed by atoms with E-state index in [0.29, 0.717) is 80.0 Å². The van der Waals surface area contributed by atoms with Crippen molar-refractivity contribution in [3.05, 3.63) is 53.6 Å². The number of methoxy groups -OCH3 is 1. The number of ketones is 1. The van der Waals surface area contributed by atoms with Gasteiger partial charge in [0.1, 0.15) is 12.3 Å². The van der Waals surface area contributed by atoms with Gasteiger partial charge in [0.2, 0.25) is 0 Å². The molecule has 1 aliphatic heterocycles. The molecule has 0 aromatic heterocycles. The largest absolute Gasteiger partial charge is 0.504 e. The van der Waals surface area contributed by atoms with E-state index in [1.807, 2.05) is 37.4 Å². The quantitative estimate of drug-likeness (QED) is 0.0354. The van der Waals surface area contributed by atoms with Crippen LogP contribution in [0.5, 0.6) is 23.0 Å². The summed E-state index contributed by atoms with van der Waals surface area (Å²) in [6.07, 6.45) is 11.9. The number of carbonyl (C=O) groups excluding carboxylic acids is 1. The number of nitrogens with two attached hydrogens (primary N) is 1. The average molecular weight is 798 g/mol. The van der Waals surface area contributed by atoms with Crippen molar-refractivity contribution in [2.45, 2.75) is 69.8 Å². The number of carbonyl (C=O) groups is 1. The summed E-state index contributed by atoms with van der Waals surface area (Å²) >= 11 is 0. The summed E-state index contributed by atoms with van der Waals surface area (Å²) < 4.78 is 18.0. The Hall–Kier alpha value is -3.79. The number of aromatic hydroxyl groups is 2. The van der Waals surface area contributed by atoms with E-state index in [4.69, 9.17) is 19.9 Å². The van der Waals surface area contributed by atoms with Crippen LogP contribution < -0.4 is 36.5 Å². The summed E-state index contributed by atoms with van der Waals surface area (Å²) in [6, 6.07) is 9.26. The molecule has 2 aromatic rings. The number of nitrogens with zero attached hydrogens (tertiary/aromatic N) is 2. The van der Waals surface area contributed by atoms with Crippen molar-refractivity contribution < 1.29 is 29.2 Å². The molecule has 2 saturated carbocycles. The molecule has 2 aliphatic carbocycles. The number of benzene rings is 2. The van der Waals surface area contributed by atoms with Crippen LogP contribution >= 0.6 is 21.6 Å². The number of rotatable bonds is 12. The molecule has 15 heteroatoms. The van der Waals surface area contributed by atoms with E-state index >= 15 is 0 Å². The second-order valence-corrected chi connectivity index (χ2v) is 17.2. The second kappa shape index (κ2) is 20.4. The normalized spacial score (nSPS) is 26.4. The highest BCUT2D eigenvalue weighted by molar-refractivity contribution is 8.76. The van der Waals surface area contributed by atoms with Gasteiger partial charge in [-0.1, -0.05) is 40.2 Å². The molecular formula is C40H59N7O6S2. The number of phenols is 2. The zero-order chi connectivity index (χ0) is 39.3. The first-order valence-electron chi connectivity index (χ1n) is 19.2. The average Bonchev–Trinajstić information content (AvgIpc) is 3.78. The minimum absolute atomic E-state index is 0.0292. The number of hydrogen-bond donors (Lipinski definition) is 7. The lowest BCUT2D eigenvalue weighted by Gasteiger charge is -2.33. The summed E-state index contributed by atoms with van der Waals surface area (Å²) in [5, 5.41) is 34.8. The smallest absolute Gasteiger partial charge is 0.196 e. The first-order chi connectivity index (χ1) is 26.6. The lowest BCUT2D eigenvalue weighted by Crippen LogP contribution is -2.42. The van der Waals surface area contributed by atoms with Gasteiger partial charge in [0.15, 0.2) is 40.7 Å². The fourth-order valence-corrected chi connectivity index (χ4v) is 10.4. The van der Waals surface area contributed by atoms with Gasteiger partial charge in [-0.15, -0.1) is 0 Å². The van der Waals surface area contributed by atoms with E-state index in [1.165, 1.54) is 0 Å². The SMILES string of the molecule is CN=C(N)NCOCC[C@H]1CC[C@@](CNC)(Oc2cc3cc(c2O)NC(=NC)NCSSC[C@@H]2CCC[C@]2(Cc2ccc(O)c(OC)c2)C(=O)/C=C/CC3)C1. The zero-order valence-electron chi connectivity index (χ0n) is 32.6. The molecule has 0 spiro atoms. The van der Waals surface area contributed by atoms with E-state index < -0.39 is 11.0 Å². The predicted octanol–water partition coefficient (Wildman–Crippen LogP) is 5.57. The Morgan fingerprint density at radius 2 is 1.98 bits per heavy atom. The lowest BCUT2D eigenvalue weighted by molar-refractivity contribution is -0.125. The number of aliphatic imine (C=N–C) groups is 2. The molecular weight excluding hydrogens is 739 g/mol. The highest BCUT2D eigenvalue weighted by Crippen LogP contribution is 2.50. The van der Waals surface area contributed by atoms with Crippen LogP contribution in [0.15, 0.2) is 52.5 Å². The maximum Gasteiger partial charge on any atom is 0.196 e. The van der Waals surface area contributed by atoms with Gasteiger partial charge in [0, 0.05) is 38.4 Å². The van der Waals surface area contributed by atoms with Crippen LogP contribution in [0.4, 0.5) is 5.69 Å². The Bertz CT molecular complexity index is 1690. The molecule has 5 rings (SSSR count). The number of likely N-dealkylation sites (N-methyl/N-ethyl adjacent to an activating group) is 1. The molecule has 0 unspecified atom stereocenters.